The summed E-state index contributed by atoms with van der Waals surface area (Å²) in [7, 11) is 0. The average molecular weight is 396 g/mol. The van der Waals surface area contributed by atoms with E-state index in [0.29, 0.717) is 10.9 Å². The number of hydrogen-bond acceptors (Lipinski definition) is 4. The van der Waals surface area contributed by atoms with E-state index in [1.807, 2.05) is 42.5 Å². The third-order valence-corrected chi connectivity index (χ3v) is 5.40. The SMILES string of the molecule is O=C(Cn1cnc2ccccc2c1=O)Nc1ccccc1N1CCc2ccccc21. The summed E-state index contributed by atoms with van der Waals surface area (Å²) in [5.74, 6) is -0.269. The van der Waals surface area contributed by atoms with E-state index >= 15 is 0 Å². The molecule has 0 atom stereocenters. The van der Waals surface area contributed by atoms with Gasteiger partial charge in [0.05, 0.1) is 28.6 Å². The Bertz CT molecular complexity index is 1310. The Kier molecular flexibility index (Phi) is 4.52. The van der Waals surface area contributed by atoms with E-state index in [-0.39, 0.29) is 18.0 Å². The molecule has 5 rings (SSSR count). The molecule has 0 radical (unpaired) electrons. The van der Waals surface area contributed by atoms with Gasteiger partial charge < -0.3 is 10.2 Å². The molecule has 2 heterocycles. The molecule has 1 aliphatic heterocycles. The Balaban J connectivity index is 1.40. The van der Waals surface area contributed by atoms with Crippen LogP contribution in [0.5, 0.6) is 0 Å². The topological polar surface area (TPSA) is 67.2 Å². The van der Waals surface area contributed by atoms with Gasteiger partial charge in [-0.15, -0.1) is 0 Å². The van der Waals surface area contributed by atoms with Crippen LogP contribution >= 0.6 is 0 Å². The van der Waals surface area contributed by atoms with Gasteiger partial charge in [0.25, 0.3) is 5.56 Å². The number of aromatic nitrogens is 2. The van der Waals surface area contributed by atoms with E-state index in [4.69, 9.17) is 0 Å². The summed E-state index contributed by atoms with van der Waals surface area (Å²) in [5, 5.41) is 3.48. The lowest BCUT2D eigenvalue weighted by Crippen LogP contribution is -2.28. The van der Waals surface area contributed by atoms with Crippen LogP contribution in [0.25, 0.3) is 10.9 Å². The number of amides is 1. The van der Waals surface area contributed by atoms with Crippen molar-refractivity contribution in [1.29, 1.82) is 0 Å². The molecule has 1 N–H and O–H groups in total. The number of nitrogens with one attached hydrogen (secondary N) is 1. The van der Waals surface area contributed by atoms with E-state index in [9.17, 15) is 9.59 Å². The Morgan fingerprint density at radius 2 is 1.67 bits per heavy atom. The fourth-order valence-corrected chi connectivity index (χ4v) is 3.97. The second kappa shape index (κ2) is 7.48. The summed E-state index contributed by atoms with van der Waals surface area (Å²) in [6.07, 6.45) is 2.39. The van der Waals surface area contributed by atoms with Crippen LogP contribution in [0, 0.1) is 0 Å². The van der Waals surface area contributed by atoms with E-state index in [1.165, 1.54) is 16.5 Å². The predicted octanol–water partition coefficient (Wildman–Crippen LogP) is 3.73. The van der Waals surface area contributed by atoms with Crippen molar-refractivity contribution in [3.63, 3.8) is 0 Å². The number of carbonyl (C=O) groups is 1. The fraction of sp³-hybridized carbons (Fsp3) is 0.125. The molecule has 1 amide bonds. The number of para-hydroxylation sites is 4. The first-order valence-electron chi connectivity index (χ1n) is 9.89. The van der Waals surface area contributed by atoms with Crippen molar-refractivity contribution >= 4 is 33.9 Å². The third-order valence-electron chi connectivity index (χ3n) is 5.40. The van der Waals surface area contributed by atoms with Crippen LogP contribution in [0.1, 0.15) is 5.56 Å². The lowest BCUT2D eigenvalue weighted by atomic mass is 10.2. The molecule has 1 aromatic heterocycles. The highest BCUT2D eigenvalue weighted by atomic mass is 16.2. The summed E-state index contributed by atoms with van der Waals surface area (Å²) in [4.78, 5) is 31.9. The number of benzene rings is 3. The van der Waals surface area contributed by atoms with Gasteiger partial charge in [-0.25, -0.2) is 4.98 Å². The highest BCUT2D eigenvalue weighted by Gasteiger charge is 2.22. The number of rotatable bonds is 4. The molecule has 0 bridgehead atoms. The summed E-state index contributed by atoms with van der Waals surface area (Å²) in [5.41, 5.74) is 4.53. The lowest BCUT2D eigenvalue weighted by molar-refractivity contribution is -0.116. The van der Waals surface area contributed by atoms with Crippen LogP contribution < -0.4 is 15.8 Å². The van der Waals surface area contributed by atoms with Gasteiger partial charge in [0.2, 0.25) is 5.91 Å². The Morgan fingerprint density at radius 3 is 2.57 bits per heavy atom. The number of anilines is 3. The number of nitrogens with zero attached hydrogens (tertiary/aromatic N) is 3. The van der Waals surface area contributed by atoms with E-state index < -0.39 is 0 Å². The zero-order valence-electron chi connectivity index (χ0n) is 16.3. The maximum absolute atomic E-state index is 12.8. The molecular weight excluding hydrogens is 376 g/mol. The maximum Gasteiger partial charge on any atom is 0.261 e. The fourth-order valence-electron chi connectivity index (χ4n) is 3.97. The molecular formula is C24H20N4O2. The molecule has 30 heavy (non-hydrogen) atoms. The van der Waals surface area contributed by atoms with Crippen molar-refractivity contribution in [1.82, 2.24) is 9.55 Å². The van der Waals surface area contributed by atoms with Gasteiger partial charge in [-0.3, -0.25) is 14.2 Å². The molecule has 0 fully saturated rings. The summed E-state index contributed by atoms with van der Waals surface area (Å²) in [6, 6.07) is 23.2. The Hall–Kier alpha value is -3.93. The highest BCUT2D eigenvalue weighted by Crippen LogP contribution is 2.38. The van der Waals surface area contributed by atoms with Crippen molar-refractivity contribution in [3.8, 4) is 0 Å². The van der Waals surface area contributed by atoms with Crippen LogP contribution in [0.2, 0.25) is 0 Å². The maximum atomic E-state index is 12.8. The number of fused-ring (bicyclic) bond motifs is 2. The normalized spacial score (nSPS) is 12.7. The highest BCUT2D eigenvalue weighted by molar-refractivity contribution is 5.95. The van der Waals surface area contributed by atoms with Gasteiger partial charge >= 0.3 is 0 Å². The van der Waals surface area contributed by atoms with Crippen molar-refractivity contribution in [2.24, 2.45) is 0 Å². The minimum absolute atomic E-state index is 0.0956. The van der Waals surface area contributed by atoms with Crippen molar-refractivity contribution in [2.75, 3.05) is 16.8 Å². The first kappa shape index (κ1) is 18.1. The van der Waals surface area contributed by atoms with Gasteiger partial charge in [0.1, 0.15) is 6.54 Å². The predicted molar refractivity (Wildman–Crippen MR) is 118 cm³/mol. The summed E-state index contributed by atoms with van der Waals surface area (Å²) < 4.78 is 1.34. The smallest absolute Gasteiger partial charge is 0.261 e. The molecule has 1 aliphatic rings. The summed E-state index contributed by atoms with van der Waals surface area (Å²) in [6.45, 7) is 0.766. The Labute approximate surface area is 173 Å². The molecule has 6 heteroatoms. The van der Waals surface area contributed by atoms with E-state index in [1.54, 1.807) is 18.2 Å². The minimum atomic E-state index is -0.269. The van der Waals surface area contributed by atoms with Crippen LogP contribution in [0.4, 0.5) is 17.1 Å². The van der Waals surface area contributed by atoms with Gasteiger partial charge in [-0.1, -0.05) is 42.5 Å². The first-order valence-corrected chi connectivity index (χ1v) is 9.89. The molecule has 6 nitrogen and oxygen atoms in total. The molecule has 0 aliphatic carbocycles. The van der Waals surface area contributed by atoms with Gasteiger partial charge in [-0.2, -0.15) is 0 Å². The van der Waals surface area contributed by atoms with Crippen molar-refractivity contribution in [3.05, 3.63) is 95.0 Å². The molecule has 4 aromatic rings. The van der Waals surface area contributed by atoms with Gasteiger partial charge in [0.15, 0.2) is 0 Å². The minimum Gasteiger partial charge on any atom is -0.339 e. The summed E-state index contributed by atoms with van der Waals surface area (Å²) >= 11 is 0. The van der Waals surface area contributed by atoms with Crippen molar-refractivity contribution < 1.29 is 4.79 Å². The first-order chi connectivity index (χ1) is 14.7. The molecule has 3 aromatic carbocycles. The van der Waals surface area contributed by atoms with Crippen LogP contribution in [-0.2, 0) is 17.8 Å². The van der Waals surface area contributed by atoms with Crippen LogP contribution in [0.15, 0.2) is 83.9 Å². The molecule has 0 saturated heterocycles. The quantitative estimate of drug-likeness (QED) is 0.571. The van der Waals surface area contributed by atoms with Crippen LogP contribution in [-0.4, -0.2) is 22.0 Å². The second-order valence-electron chi connectivity index (χ2n) is 7.29. The van der Waals surface area contributed by atoms with E-state index in [0.717, 1.165) is 30.0 Å². The van der Waals surface area contributed by atoms with Crippen LogP contribution in [0.3, 0.4) is 0 Å². The lowest BCUT2D eigenvalue weighted by Gasteiger charge is -2.23. The zero-order valence-corrected chi connectivity index (χ0v) is 16.3. The largest absolute Gasteiger partial charge is 0.339 e. The zero-order chi connectivity index (χ0) is 20.5. The molecule has 148 valence electrons. The van der Waals surface area contributed by atoms with Gasteiger partial charge in [0, 0.05) is 12.2 Å². The van der Waals surface area contributed by atoms with Crippen molar-refractivity contribution in [2.45, 2.75) is 13.0 Å². The Morgan fingerprint density at radius 1 is 0.933 bits per heavy atom. The molecule has 0 saturated carbocycles. The average Bonchev–Trinajstić information content (AvgIpc) is 3.20. The molecule has 0 spiro atoms. The standard InChI is InChI=1S/C24H20N4O2/c29-23(15-27-16-25-19-9-3-2-8-18(19)24(27)30)26-20-10-4-6-12-22(20)28-14-13-17-7-1-5-11-21(17)28/h1-12,16H,13-15H2,(H,26,29). The van der Waals surface area contributed by atoms with Gasteiger partial charge in [-0.05, 0) is 42.3 Å². The van der Waals surface area contributed by atoms with E-state index in [2.05, 4.69) is 27.3 Å². The third kappa shape index (κ3) is 3.22. The number of carbonyl (C=O) groups excluding carboxylic acids is 1. The molecule has 0 unspecified atom stereocenters. The number of hydrogen-bond donors (Lipinski definition) is 1. The monoisotopic (exact) mass is 396 g/mol. The second-order valence-corrected chi connectivity index (χ2v) is 7.29.